The van der Waals surface area contributed by atoms with Crippen LogP contribution in [0.5, 0.6) is 0 Å². The summed E-state index contributed by atoms with van der Waals surface area (Å²) in [6.45, 7) is 0.449. The summed E-state index contributed by atoms with van der Waals surface area (Å²) in [5.41, 5.74) is 2.80. The molecule has 0 saturated carbocycles. The number of nitrogens with zero attached hydrogens (tertiary/aromatic N) is 1. The summed E-state index contributed by atoms with van der Waals surface area (Å²) in [6.07, 6.45) is 0. The average molecular weight is 317 g/mol. The van der Waals surface area contributed by atoms with Crippen molar-refractivity contribution < 1.29 is 4.42 Å². The van der Waals surface area contributed by atoms with Gasteiger partial charge < -0.3 is 9.73 Å². The van der Waals surface area contributed by atoms with Crippen molar-refractivity contribution in [3.63, 3.8) is 0 Å². The molecule has 3 nitrogen and oxygen atoms in total. The zero-order valence-corrected chi connectivity index (χ0v) is 12.4. The van der Waals surface area contributed by atoms with Crippen LogP contribution in [-0.2, 0) is 6.54 Å². The third-order valence-electron chi connectivity index (χ3n) is 3.21. The predicted molar refractivity (Wildman–Crippen MR) is 84.7 cm³/mol. The van der Waals surface area contributed by atoms with Gasteiger partial charge in [0, 0.05) is 22.5 Å². The first-order chi connectivity index (χ1) is 10.2. The highest BCUT2D eigenvalue weighted by molar-refractivity contribution is 6.31. The van der Waals surface area contributed by atoms with Crippen molar-refractivity contribution in [2.45, 2.75) is 6.54 Å². The molecule has 21 heavy (non-hydrogen) atoms. The summed E-state index contributed by atoms with van der Waals surface area (Å²) in [5.74, 6) is 0. The highest BCUT2D eigenvalue weighted by Gasteiger charge is 2.12. The Morgan fingerprint density at radius 1 is 1.14 bits per heavy atom. The quantitative estimate of drug-likeness (QED) is 0.720. The lowest BCUT2D eigenvalue weighted by Gasteiger charge is -2.08. The molecular weight excluding hydrogens is 307 g/mol. The molecule has 0 aliphatic rings. The molecule has 5 heteroatoms. The second-order valence-corrected chi connectivity index (χ2v) is 5.29. The molecule has 0 aliphatic carbocycles. The van der Waals surface area contributed by atoms with E-state index in [1.165, 1.54) is 0 Å². The van der Waals surface area contributed by atoms with Crippen LogP contribution >= 0.6 is 23.2 Å². The van der Waals surface area contributed by atoms with E-state index >= 15 is 0 Å². The van der Waals surface area contributed by atoms with Gasteiger partial charge in [0.25, 0.3) is 0 Å². The van der Waals surface area contributed by atoms with Crippen LogP contribution < -0.4 is 5.32 Å². The second kappa shape index (κ2) is 5.69. The molecule has 0 unspecified atom stereocenters. The van der Waals surface area contributed by atoms with Crippen molar-refractivity contribution in [1.29, 1.82) is 5.26 Å². The van der Waals surface area contributed by atoms with Gasteiger partial charge >= 0.3 is 0 Å². The monoisotopic (exact) mass is 316 g/mol. The highest BCUT2D eigenvalue weighted by Crippen LogP contribution is 2.30. The Kier molecular flexibility index (Phi) is 3.74. The maximum absolute atomic E-state index is 9.12. The predicted octanol–water partition coefficient (Wildman–Crippen LogP) is 5.22. The van der Waals surface area contributed by atoms with Gasteiger partial charge in [-0.2, -0.15) is 5.26 Å². The van der Waals surface area contributed by atoms with Crippen LogP contribution in [0, 0.1) is 11.3 Å². The number of anilines is 1. The molecule has 104 valence electrons. The van der Waals surface area contributed by atoms with Crippen molar-refractivity contribution in [3.05, 3.63) is 63.8 Å². The molecule has 0 radical (unpaired) electrons. The third kappa shape index (κ3) is 2.69. The number of nitriles is 1. The van der Waals surface area contributed by atoms with Gasteiger partial charge in [-0.05, 0) is 35.9 Å². The van der Waals surface area contributed by atoms with Crippen LogP contribution in [0.4, 0.5) is 5.69 Å². The zero-order chi connectivity index (χ0) is 14.8. The normalized spacial score (nSPS) is 10.5. The molecule has 1 N–H and O–H groups in total. The van der Waals surface area contributed by atoms with Gasteiger partial charge in [-0.15, -0.1) is 0 Å². The Morgan fingerprint density at radius 2 is 1.95 bits per heavy atom. The van der Waals surface area contributed by atoms with Gasteiger partial charge in [0.1, 0.15) is 11.7 Å². The van der Waals surface area contributed by atoms with Crippen molar-refractivity contribution in [2.75, 3.05) is 5.32 Å². The molecule has 2 aromatic carbocycles. The van der Waals surface area contributed by atoms with E-state index in [9.17, 15) is 0 Å². The largest absolute Gasteiger partial charge is 0.444 e. The van der Waals surface area contributed by atoms with Crippen LogP contribution in [0.1, 0.15) is 11.1 Å². The molecule has 0 spiro atoms. The van der Waals surface area contributed by atoms with E-state index in [0.717, 1.165) is 16.5 Å². The molecule has 0 atom stereocenters. The number of halogens is 2. The first-order valence-corrected chi connectivity index (χ1v) is 7.04. The van der Waals surface area contributed by atoms with Crippen molar-refractivity contribution >= 4 is 39.9 Å². The highest BCUT2D eigenvalue weighted by atomic mass is 35.5. The summed E-state index contributed by atoms with van der Waals surface area (Å²) in [7, 11) is 0. The number of benzene rings is 2. The Balaban J connectivity index is 1.92. The van der Waals surface area contributed by atoms with Crippen molar-refractivity contribution in [3.8, 4) is 6.07 Å². The van der Waals surface area contributed by atoms with Crippen molar-refractivity contribution in [1.82, 2.24) is 0 Å². The lowest BCUT2D eigenvalue weighted by molar-refractivity contribution is 0.613. The molecule has 0 bridgehead atoms. The number of hydrogen-bond acceptors (Lipinski definition) is 3. The smallest absolute Gasteiger partial charge is 0.199 e. The summed E-state index contributed by atoms with van der Waals surface area (Å²) < 4.78 is 5.50. The molecule has 3 aromatic rings. The molecule has 0 amide bonds. The summed E-state index contributed by atoms with van der Waals surface area (Å²) in [6, 6.07) is 14.8. The van der Waals surface area contributed by atoms with E-state index < -0.39 is 0 Å². The fourth-order valence-corrected chi connectivity index (χ4v) is 2.60. The Bertz CT molecular complexity index is 849. The Labute approximate surface area is 131 Å². The fraction of sp³-hybridized carbons (Fsp3) is 0.0625. The van der Waals surface area contributed by atoms with E-state index in [0.29, 0.717) is 28.0 Å². The molecule has 1 aromatic heterocycles. The lowest BCUT2D eigenvalue weighted by Crippen LogP contribution is -2.01. The van der Waals surface area contributed by atoms with Crippen LogP contribution in [0.3, 0.4) is 0 Å². The average Bonchev–Trinajstić information content (AvgIpc) is 2.81. The molecule has 3 rings (SSSR count). The minimum Gasteiger partial charge on any atom is -0.444 e. The number of fused-ring (bicyclic) bond motifs is 1. The van der Waals surface area contributed by atoms with Gasteiger partial charge in [0.2, 0.25) is 0 Å². The maximum atomic E-state index is 9.12. The van der Waals surface area contributed by atoms with Crippen LogP contribution in [0.2, 0.25) is 10.2 Å². The number of rotatable bonds is 3. The van der Waals surface area contributed by atoms with E-state index in [-0.39, 0.29) is 0 Å². The lowest BCUT2D eigenvalue weighted by atomic mass is 10.1. The number of hydrogen-bond donors (Lipinski definition) is 1. The third-order valence-corrected chi connectivity index (χ3v) is 3.75. The van der Waals surface area contributed by atoms with E-state index in [1.54, 1.807) is 18.2 Å². The van der Waals surface area contributed by atoms with Gasteiger partial charge in [-0.3, -0.25) is 0 Å². The Hall–Kier alpha value is -2.15. The first kappa shape index (κ1) is 13.8. The van der Waals surface area contributed by atoms with E-state index in [2.05, 4.69) is 11.4 Å². The minimum atomic E-state index is 0.351. The number of nitrogens with one attached hydrogen (secondary N) is 1. The van der Waals surface area contributed by atoms with Gasteiger partial charge in [-0.1, -0.05) is 29.8 Å². The van der Waals surface area contributed by atoms with Gasteiger partial charge in [-0.25, -0.2) is 0 Å². The van der Waals surface area contributed by atoms with Gasteiger partial charge in [0.15, 0.2) is 5.22 Å². The van der Waals surface area contributed by atoms with E-state index in [1.807, 2.05) is 24.3 Å². The van der Waals surface area contributed by atoms with Crippen LogP contribution in [-0.4, -0.2) is 0 Å². The number of furan rings is 1. The van der Waals surface area contributed by atoms with Crippen LogP contribution in [0.15, 0.2) is 46.9 Å². The summed E-state index contributed by atoms with van der Waals surface area (Å²) in [4.78, 5) is 0. The summed E-state index contributed by atoms with van der Waals surface area (Å²) in [5, 5.41) is 14.2. The van der Waals surface area contributed by atoms with Gasteiger partial charge in [0.05, 0.1) is 11.3 Å². The zero-order valence-electron chi connectivity index (χ0n) is 10.9. The Morgan fingerprint density at radius 3 is 2.76 bits per heavy atom. The minimum absolute atomic E-state index is 0.351. The maximum Gasteiger partial charge on any atom is 0.199 e. The fourth-order valence-electron chi connectivity index (χ4n) is 2.18. The number of para-hydroxylation sites is 1. The molecule has 0 aliphatic heterocycles. The van der Waals surface area contributed by atoms with E-state index in [4.69, 9.17) is 32.9 Å². The second-order valence-electron chi connectivity index (χ2n) is 4.51. The molecule has 0 saturated heterocycles. The molecular formula is C16H10Cl2N2O. The molecule has 0 fully saturated rings. The summed E-state index contributed by atoms with van der Waals surface area (Å²) >= 11 is 12.1. The standard InChI is InChI=1S/C16H10Cl2N2O/c17-11-6-5-10(8-19)14(7-11)20-9-13-12-3-1-2-4-15(12)21-16(13)18/h1-7,20H,9H2. The van der Waals surface area contributed by atoms with Crippen molar-refractivity contribution in [2.24, 2.45) is 0 Å². The first-order valence-electron chi connectivity index (χ1n) is 6.28. The SMILES string of the molecule is N#Cc1ccc(Cl)cc1NCc1c(Cl)oc2ccccc12. The molecule has 1 heterocycles. The topological polar surface area (TPSA) is 49.0 Å². The van der Waals surface area contributed by atoms with Crippen LogP contribution in [0.25, 0.3) is 11.0 Å².